The zero-order chi connectivity index (χ0) is 12.2. The summed E-state index contributed by atoms with van der Waals surface area (Å²) in [6.07, 6.45) is 3.32. The normalized spacial score (nSPS) is 11.5. The van der Waals surface area contributed by atoms with E-state index >= 15 is 0 Å². The quantitative estimate of drug-likeness (QED) is 0.778. The number of halogens is 1. The molecule has 0 radical (unpaired) electrons. The molecule has 4 nitrogen and oxygen atoms in total. The molecule has 0 bridgehead atoms. The third kappa shape index (κ3) is 2.86. The van der Waals surface area contributed by atoms with Gasteiger partial charge in [-0.3, -0.25) is 0 Å². The molecule has 1 aromatic rings. The molecule has 0 amide bonds. The fraction of sp³-hybridized carbons (Fsp3) is 0.545. The van der Waals surface area contributed by atoms with Gasteiger partial charge in [0.2, 0.25) is 0 Å². The highest BCUT2D eigenvalue weighted by Crippen LogP contribution is 2.26. The Labute approximate surface area is 104 Å². The summed E-state index contributed by atoms with van der Waals surface area (Å²) in [6, 6.07) is 1.79. The number of hydrogen-bond acceptors (Lipinski definition) is 4. The van der Waals surface area contributed by atoms with E-state index < -0.39 is 0 Å². The summed E-state index contributed by atoms with van der Waals surface area (Å²) in [5.41, 5.74) is 6.10. The average Bonchev–Trinajstić information content (AvgIpc) is 2.29. The molecule has 5 heteroatoms. The lowest BCUT2D eigenvalue weighted by Gasteiger charge is -2.31. The van der Waals surface area contributed by atoms with Crippen LogP contribution in [0.1, 0.15) is 26.7 Å². The molecule has 0 aliphatic rings. The van der Waals surface area contributed by atoms with Crippen molar-refractivity contribution in [2.45, 2.75) is 32.2 Å². The van der Waals surface area contributed by atoms with Crippen LogP contribution in [-0.4, -0.2) is 22.2 Å². The fourth-order valence-corrected chi connectivity index (χ4v) is 1.85. The molecular weight excluding hydrogens is 270 g/mol. The van der Waals surface area contributed by atoms with E-state index in [4.69, 9.17) is 5.73 Å². The van der Waals surface area contributed by atoms with E-state index in [9.17, 15) is 5.11 Å². The van der Waals surface area contributed by atoms with Crippen molar-refractivity contribution >= 4 is 27.4 Å². The summed E-state index contributed by atoms with van der Waals surface area (Å²) in [5.74, 6) is 0.626. The van der Waals surface area contributed by atoms with Crippen molar-refractivity contribution in [3.63, 3.8) is 0 Å². The maximum Gasteiger partial charge on any atom is 0.149 e. The van der Waals surface area contributed by atoms with Crippen LogP contribution >= 0.6 is 15.9 Å². The van der Waals surface area contributed by atoms with Crippen molar-refractivity contribution in [3.05, 3.63) is 16.7 Å². The van der Waals surface area contributed by atoms with Crippen molar-refractivity contribution in [1.82, 2.24) is 4.98 Å². The van der Waals surface area contributed by atoms with Gasteiger partial charge in [-0.15, -0.1) is 0 Å². The maximum atomic E-state index is 9.44. The summed E-state index contributed by atoms with van der Waals surface area (Å²) in [5, 5.41) is 12.7. The highest BCUT2D eigenvalue weighted by atomic mass is 79.9. The molecule has 1 heterocycles. The number of nitrogens with one attached hydrogen (secondary N) is 1. The van der Waals surface area contributed by atoms with Crippen LogP contribution in [0.4, 0.5) is 11.5 Å². The average molecular weight is 288 g/mol. The van der Waals surface area contributed by atoms with Crippen LogP contribution in [0.15, 0.2) is 16.7 Å². The van der Waals surface area contributed by atoms with Gasteiger partial charge in [0.1, 0.15) is 5.82 Å². The lowest BCUT2D eigenvalue weighted by molar-refractivity contribution is 0.202. The first-order valence-electron chi connectivity index (χ1n) is 5.37. The van der Waals surface area contributed by atoms with Crippen LogP contribution in [0.2, 0.25) is 0 Å². The predicted molar refractivity (Wildman–Crippen MR) is 70.4 cm³/mol. The van der Waals surface area contributed by atoms with Crippen molar-refractivity contribution in [3.8, 4) is 0 Å². The second kappa shape index (κ2) is 5.50. The molecule has 0 fully saturated rings. The van der Waals surface area contributed by atoms with E-state index in [1.54, 1.807) is 12.3 Å². The van der Waals surface area contributed by atoms with Crippen molar-refractivity contribution < 1.29 is 5.11 Å². The second-order valence-corrected chi connectivity index (χ2v) is 4.78. The standard InChI is InChI=1S/C11H18BrN3O/c1-3-11(4-2,7-16)15-10-9(13)5-8(12)6-14-10/h5-6,16H,3-4,7,13H2,1-2H3,(H,14,15). The van der Waals surface area contributed by atoms with Gasteiger partial charge in [-0.05, 0) is 34.8 Å². The molecule has 4 N–H and O–H groups in total. The van der Waals surface area contributed by atoms with Crippen molar-refractivity contribution in [2.24, 2.45) is 0 Å². The van der Waals surface area contributed by atoms with E-state index in [-0.39, 0.29) is 12.1 Å². The Kier molecular flexibility index (Phi) is 4.56. The van der Waals surface area contributed by atoms with Crippen molar-refractivity contribution in [1.29, 1.82) is 0 Å². The molecule has 0 saturated carbocycles. The number of pyridine rings is 1. The zero-order valence-electron chi connectivity index (χ0n) is 9.63. The number of aromatic nitrogens is 1. The first kappa shape index (κ1) is 13.3. The van der Waals surface area contributed by atoms with E-state index in [1.807, 2.05) is 13.8 Å². The van der Waals surface area contributed by atoms with Gasteiger partial charge in [0.05, 0.1) is 17.8 Å². The Balaban J connectivity index is 2.93. The Bertz CT molecular complexity index is 345. The molecule has 0 aliphatic heterocycles. The Hall–Kier alpha value is -0.810. The minimum atomic E-state index is -0.338. The molecule has 0 saturated heterocycles. The molecule has 0 spiro atoms. The Morgan fingerprint density at radius 1 is 1.50 bits per heavy atom. The van der Waals surface area contributed by atoms with Gasteiger partial charge in [0.25, 0.3) is 0 Å². The molecule has 1 aromatic heterocycles. The number of nitrogens with two attached hydrogens (primary N) is 1. The lowest BCUT2D eigenvalue weighted by Crippen LogP contribution is -2.41. The van der Waals surface area contributed by atoms with Gasteiger partial charge in [0, 0.05) is 10.7 Å². The number of rotatable bonds is 5. The van der Waals surface area contributed by atoms with Gasteiger partial charge in [-0.25, -0.2) is 4.98 Å². The van der Waals surface area contributed by atoms with E-state index in [1.165, 1.54) is 0 Å². The minimum absolute atomic E-state index is 0.0667. The van der Waals surface area contributed by atoms with Gasteiger partial charge in [-0.1, -0.05) is 13.8 Å². The third-order valence-corrected chi connectivity index (χ3v) is 3.36. The SMILES string of the molecule is CCC(CC)(CO)Nc1ncc(Br)cc1N. The van der Waals surface area contributed by atoms with Gasteiger partial charge < -0.3 is 16.2 Å². The lowest BCUT2D eigenvalue weighted by atomic mass is 9.94. The van der Waals surface area contributed by atoms with Gasteiger partial charge in [-0.2, -0.15) is 0 Å². The third-order valence-electron chi connectivity index (χ3n) is 2.92. The smallest absolute Gasteiger partial charge is 0.149 e. The van der Waals surface area contributed by atoms with Crippen LogP contribution in [0.3, 0.4) is 0 Å². The summed E-state index contributed by atoms with van der Waals surface area (Å²) < 4.78 is 0.846. The van der Waals surface area contributed by atoms with Crippen molar-refractivity contribution in [2.75, 3.05) is 17.7 Å². The number of nitrogens with zero attached hydrogens (tertiary/aromatic N) is 1. The van der Waals surface area contributed by atoms with Crippen LogP contribution in [0.5, 0.6) is 0 Å². The predicted octanol–water partition coefficient (Wildman–Crippen LogP) is 2.39. The molecule has 0 aromatic carbocycles. The van der Waals surface area contributed by atoms with E-state index in [0.29, 0.717) is 11.5 Å². The van der Waals surface area contributed by atoms with Crippen LogP contribution in [0, 0.1) is 0 Å². The fourth-order valence-electron chi connectivity index (χ4n) is 1.50. The number of anilines is 2. The highest BCUT2D eigenvalue weighted by Gasteiger charge is 2.25. The number of aliphatic hydroxyl groups is 1. The Morgan fingerprint density at radius 3 is 2.56 bits per heavy atom. The molecule has 90 valence electrons. The molecule has 0 aliphatic carbocycles. The van der Waals surface area contributed by atoms with Crippen LogP contribution < -0.4 is 11.1 Å². The number of aliphatic hydroxyl groups excluding tert-OH is 1. The van der Waals surface area contributed by atoms with Gasteiger partial charge in [0.15, 0.2) is 0 Å². The molecule has 0 unspecified atom stereocenters. The second-order valence-electron chi connectivity index (χ2n) is 3.86. The maximum absolute atomic E-state index is 9.44. The van der Waals surface area contributed by atoms with E-state index in [0.717, 1.165) is 17.3 Å². The number of hydrogen-bond donors (Lipinski definition) is 3. The number of nitrogen functional groups attached to an aromatic ring is 1. The Morgan fingerprint density at radius 2 is 2.12 bits per heavy atom. The first-order chi connectivity index (χ1) is 7.56. The summed E-state index contributed by atoms with van der Waals surface area (Å²) in [7, 11) is 0. The van der Waals surface area contributed by atoms with Crippen LogP contribution in [-0.2, 0) is 0 Å². The first-order valence-corrected chi connectivity index (χ1v) is 6.16. The monoisotopic (exact) mass is 287 g/mol. The zero-order valence-corrected chi connectivity index (χ0v) is 11.2. The summed E-state index contributed by atoms with van der Waals surface area (Å²) in [6.45, 7) is 4.13. The molecule has 0 atom stereocenters. The highest BCUT2D eigenvalue weighted by molar-refractivity contribution is 9.10. The molecular formula is C11H18BrN3O. The van der Waals surface area contributed by atoms with Gasteiger partial charge >= 0.3 is 0 Å². The largest absolute Gasteiger partial charge is 0.396 e. The summed E-state index contributed by atoms with van der Waals surface area (Å²) >= 11 is 3.31. The topological polar surface area (TPSA) is 71.2 Å². The van der Waals surface area contributed by atoms with Crippen LogP contribution in [0.25, 0.3) is 0 Å². The molecule has 1 rings (SSSR count). The van der Waals surface area contributed by atoms with E-state index in [2.05, 4.69) is 26.2 Å². The molecule has 16 heavy (non-hydrogen) atoms. The summed E-state index contributed by atoms with van der Waals surface area (Å²) in [4.78, 5) is 4.21. The minimum Gasteiger partial charge on any atom is -0.396 e.